The maximum Gasteiger partial charge on any atom is 0.246 e. The quantitative estimate of drug-likeness (QED) is 0.711. The molecule has 4 nitrogen and oxygen atoms in total. The van der Waals surface area contributed by atoms with Crippen LogP contribution in [0.25, 0.3) is 0 Å². The number of amides is 1. The molecule has 0 spiro atoms. The van der Waals surface area contributed by atoms with Crippen molar-refractivity contribution in [2.24, 2.45) is 0 Å². The molecule has 0 bridgehead atoms. The second kappa shape index (κ2) is 5.02. The van der Waals surface area contributed by atoms with E-state index in [1.165, 1.54) is 6.08 Å². The van der Waals surface area contributed by atoms with Crippen LogP contribution in [0.3, 0.4) is 0 Å². The summed E-state index contributed by atoms with van der Waals surface area (Å²) < 4.78 is 0. The second-order valence-corrected chi connectivity index (χ2v) is 6.71. The zero-order valence-electron chi connectivity index (χ0n) is 12.7. The van der Waals surface area contributed by atoms with Crippen molar-refractivity contribution in [1.82, 2.24) is 14.7 Å². The van der Waals surface area contributed by atoms with Gasteiger partial charge in [0, 0.05) is 13.1 Å². The molecule has 1 rings (SSSR count). The fourth-order valence-electron chi connectivity index (χ4n) is 3.30. The summed E-state index contributed by atoms with van der Waals surface area (Å²) in [7, 11) is 4.14. The van der Waals surface area contributed by atoms with Gasteiger partial charge in [-0.15, -0.1) is 0 Å². The molecule has 1 heterocycles. The van der Waals surface area contributed by atoms with E-state index in [1.54, 1.807) is 0 Å². The van der Waals surface area contributed by atoms with Crippen molar-refractivity contribution in [3.8, 4) is 0 Å². The highest BCUT2D eigenvalue weighted by atomic mass is 16.2. The van der Waals surface area contributed by atoms with E-state index in [0.29, 0.717) is 0 Å². The van der Waals surface area contributed by atoms with Gasteiger partial charge in [-0.2, -0.15) is 0 Å². The highest BCUT2D eigenvalue weighted by Crippen LogP contribution is 2.32. The molecule has 1 saturated heterocycles. The first-order valence-corrected chi connectivity index (χ1v) is 6.44. The molecule has 0 N–H and O–H groups in total. The molecule has 0 unspecified atom stereocenters. The van der Waals surface area contributed by atoms with Gasteiger partial charge in [0.2, 0.25) is 5.91 Å². The number of rotatable bonds is 3. The van der Waals surface area contributed by atoms with Gasteiger partial charge >= 0.3 is 0 Å². The first-order chi connectivity index (χ1) is 8.10. The van der Waals surface area contributed by atoms with Gasteiger partial charge in [0.05, 0.1) is 17.7 Å². The lowest BCUT2D eigenvalue weighted by atomic mass is 9.87. The lowest BCUT2D eigenvalue weighted by Gasteiger charge is -2.56. The number of carbonyl (C=O) groups excluding carboxylic acids is 1. The minimum atomic E-state index is -0.178. The van der Waals surface area contributed by atoms with Crippen molar-refractivity contribution in [3.63, 3.8) is 0 Å². The summed E-state index contributed by atoms with van der Waals surface area (Å²) in [5, 5.41) is 0. The summed E-state index contributed by atoms with van der Waals surface area (Å²) in [6.45, 7) is 14.8. The van der Waals surface area contributed by atoms with Gasteiger partial charge in [-0.1, -0.05) is 6.58 Å². The predicted molar refractivity (Wildman–Crippen MR) is 75.3 cm³/mol. The average Bonchev–Trinajstić information content (AvgIpc) is 2.11. The third-order valence-electron chi connectivity index (χ3n) is 3.31. The first kappa shape index (κ1) is 15.2. The van der Waals surface area contributed by atoms with E-state index >= 15 is 0 Å². The highest BCUT2D eigenvalue weighted by Gasteiger charge is 2.46. The Bertz CT molecular complexity index is 316. The molecule has 0 aliphatic carbocycles. The number of piperazine rings is 1. The summed E-state index contributed by atoms with van der Waals surface area (Å²) in [6.07, 6.45) is 1.42. The Hall–Kier alpha value is -0.870. The lowest BCUT2D eigenvalue weighted by molar-refractivity contribution is -0.149. The van der Waals surface area contributed by atoms with Gasteiger partial charge in [0.25, 0.3) is 0 Å². The maximum absolute atomic E-state index is 12.1. The molecular formula is C14H27N3O. The standard InChI is InChI=1S/C14H27N3O/c1-8-12(18)17-13(2,3)9-16(11-15(6)7)10-14(17,4)5/h8H,1,9-11H2,2-7H3. The zero-order valence-corrected chi connectivity index (χ0v) is 12.7. The van der Waals surface area contributed by atoms with Crippen molar-refractivity contribution in [1.29, 1.82) is 0 Å². The maximum atomic E-state index is 12.1. The van der Waals surface area contributed by atoms with Crippen LogP contribution in [0.2, 0.25) is 0 Å². The number of hydrogen-bond acceptors (Lipinski definition) is 3. The Labute approximate surface area is 111 Å². The molecule has 104 valence electrons. The van der Waals surface area contributed by atoms with E-state index in [2.05, 4.69) is 58.2 Å². The number of carbonyl (C=O) groups is 1. The van der Waals surface area contributed by atoms with Gasteiger partial charge in [-0.25, -0.2) is 0 Å². The summed E-state index contributed by atoms with van der Waals surface area (Å²) in [5.41, 5.74) is -0.355. The van der Waals surface area contributed by atoms with Crippen LogP contribution in [0, 0.1) is 0 Å². The monoisotopic (exact) mass is 253 g/mol. The molecule has 0 saturated carbocycles. The van der Waals surface area contributed by atoms with E-state index in [9.17, 15) is 4.79 Å². The van der Waals surface area contributed by atoms with Gasteiger partial charge in [-0.3, -0.25) is 14.6 Å². The van der Waals surface area contributed by atoms with Crippen LogP contribution in [0.1, 0.15) is 27.7 Å². The largest absolute Gasteiger partial charge is 0.326 e. The Morgan fingerprint density at radius 1 is 1.22 bits per heavy atom. The first-order valence-electron chi connectivity index (χ1n) is 6.44. The zero-order chi connectivity index (χ0) is 14.1. The Kier molecular flexibility index (Phi) is 4.23. The average molecular weight is 253 g/mol. The minimum absolute atomic E-state index is 0.0227. The van der Waals surface area contributed by atoms with Crippen molar-refractivity contribution < 1.29 is 4.79 Å². The second-order valence-electron chi connectivity index (χ2n) is 6.71. The van der Waals surface area contributed by atoms with E-state index in [1.807, 2.05) is 4.90 Å². The fraction of sp³-hybridized carbons (Fsp3) is 0.786. The van der Waals surface area contributed by atoms with Crippen LogP contribution in [0.4, 0.5) is 0 Å². The minimum Gasteiger partial charge on any atom is -0.326 e. The molecule has 0 aromatic heterocycles. The number of nitrogens with zero attached hydrogens (tertiary/aromatic N) is 3. The van der Waals surface area contributed by atoms with Crippen LogP contribution in [-0.4, -0.2) is 65.5 Å². The molecule has 0 atom stereocenters. The highest BCUT2D eigenvalue weighted by molar-refractivity contribution is 5.88. The van der Waals surface area contributed by atoms with E-state index < -0.39 is 0 Å². The summed E-state index contributed by atoms with van der Waals surface area (Å²) >= 11 is 0. The molecule has 1 aliphatic rings. The lowest BCUT2D eigenvalue weighted by Crippen LogP contribution is -2.70. The van der Waals surface area contributed by atoms with Gasteiger partial charge < -0.3 is 4.90 Å². The molecule has 1 fully saturated rings. The van der Waals surface area contributed by atoms with Gasteiger partial charge in [-0.05, 0) is 47.9 Å². The van der Waals surface area contributed by atoms with Crippen LogP contribution in [-0.2, 0) is 4.79 Å². The van der Waals surface area contributed by atoms with Crippen LogP contribution < -0.4 is 0 Å². The van der Waals surface area contributed by atoms with Crippen molar-refractivity contribution >= 4 is 5.91 Å². The van der Waals surface area contributed by atoms with Gasteiger partial charge in [0.15, 0.2) is 0 Å². The third-order valence-corrected chi connectivity index (χ3v) is 3.31. The van der Waals surface area contributed by atoms with Crippen LogP contribution >= 0.6 is 0 Å². The van der Waals surface area contributed by atoms with E-state index in [4.69, 9.17) is 0 Å². The van der Waals surface area contributed by atoms with E-state index in [0.717, 1.165) is 19.8 Å². The normalized spacial score (nSPS) is 23.2. The van der Waals surface area contributed by atoms with Crippen molar-refractivity contribution in [3.05, 3.63) is 12.7 Å². The fourth-order valence-corrected chi connectivity index (χ4v) is 3.30. The molecule has 0 radical (unpaired) electrons. The van der Waals surface area contributed by atoms with E-state index in [-0.39, 0.29) is 17.0 Å². The third kappa shape index (κ3) is 3.12. The molecule has 0 aromatic rings. The topological polar surface area (TPSA) is 26.8 Å². The van der Waals surface area contributed by atoms with Crippen LogP contribution in [0.15, 0.2) is 12.7 Å². The van der Waals surface area contributed by atoms with Crippen LogP contribution in [0.5, 0.6) is 0 Å². The predicted octanol–water partition coefficient (Wildman–Crippen LogP) is 1.39. The summed E-state index contributed by atoms with van der Waals surface area (Å²) in [5.74, 6) is 0.0227. The summed E-state index contributed by atoms with van der Waals surface area (Å²) in [6, 6.07) is 0. The molecule has 18 heavy (non-hydrogen) atoms. The Morgan fingerprint density at radius 2 is 1.67 bits per heavy atom. The Balaban J connectivity index is 2.98. The van der Waals surface area contributed by atoms with Crippen molar-refractivity contribution in [2.45, 2.75) is 38.8 Å². The SMILES string of the molecule is C=CC(=O)N1C(C)(C)CN(CN(C)C)CC1(C)C. The van der Waals surface area contributed by atoms with Gasteiger partial charge in [0.1, 0.15) is 0 Å². The molecular weight excluding hydrogens is 226 g/mol. The number of hydrogen-bond donors (Lipinski definition) is 0. The smallest absolute Gasteiger partial charge is 0.246 e. The molecule has 4 heteroatoms. The Morgan fingerprint density at radius 3 is 2.00 bits per heavy atom. The molecule has 0 aromatic carbocycles. The molecule has 1 amide bonds. The molecule has 1 aliphatic heterocycles. The summed E-state index contributed by atoms with van der Waals surface area (Å²) in [4.78, 5) is 18.6. The van der Waals surface area contributed by atoms with Crippen molar-refractivity contribution in [2.75, 3.05) is 33.9 Å².